The first kappa shape index (κ1) is 14.5. The van der Waals surface area contributed by atoms with Gasteiger partial charge in [0.1, 0.15) is 6.33 Å². The zero-order valence-electron chi connectivity index (χ0n) is 10.4. The summed E-state index contributed by atoms with van der Waals surface area (Å²) in [4.78, 5) is 11.1. The topological polar surface area (TPSA) is 95.9 Å². The molecule has 1 heterocycles. The lowest BCUT2D eigenvalue weighted by molar-refractivity contribution is 0.0721. The normalized spacial score (nSPS) is 13.8. The highest BCUT2D eigenvalue weighted by atomic mass is 35.5. The molecule has 1 amide bonds. The van der Waals surface area contributed by atoms with Crippen molar-refractivity contribution in [2.75, 3.05) is 0 Å². The van der Waals surface area contributed by atoms with E-state index in [9.17, 15) is 4.79 Å². The minimum absolute atomic E-state index is 0.353. The molecule has 0 saturated heterocycles. The van der Waals surface area contributed by atoms with Gasteiger partial charge < -0.3 is 10.5 Å². The van der Waals surface area contributed by atoms with Gasteiger partial charge in [-0.3, -0.25) is 0 Å². The second-order valence-electron chi connectivity index (χ2n) is 4.06. The summed E-state index contributed by atoms with van der Waals surface area (Å²) in [5.41, 5.74) is 5.75. The fourth-order valence-electron chi connectivity index (χ4n) is 1.75. The first-order valence-electron chi connectivity index (χ1n) is 5.62. The van der Waals surface area contributed by atoms with E-state index in [1.165, 1.54) is 11.0 Å². The van der Waals surface area contributed by atoms with Crippen molar-refractivity contribution in [1.82, 2.24) is 20.2 Å². The van der Waals surface area contributed by atoms with Crippen LogP contribution in [0.25, 0.3) is 0 Å². The van der Waals surface area contributed by atoms with Gasteiger partial charge in [-0.05, 0) is 35.0 Å². The molecule has 2 rings (SSSR count). The lowest BCUT2D eigenvalue weighted by Crippen LogP contribution is -2.24. The molecule has 0 aliphatic heterocycles. The summed E-state index contributed by atoms with van der Waals surface area (Å²) in [6, 6.07) is 4.55. The van der Waals surface area contributed by atoms with Gasteiger partial charge in [-0.15, -0.1) is 5.10 Å². The van der Waals surface area contributed by atoms with Crippen molar-refractivity contribution in [3.8, 4) is 0 Å². The van der Waals surface area contributed by atoms with Crippen molar-refractivity contribution in [1.29, 1.82) is 0 Å². The number of hydrogen-bond acceptors (Lipinski definition) is 5. The molecule has 0 fully saturated rings. The minimum Gasteiger partial charge on any atom is -0.439 e. The number of hydrogen-bond donors (Lipinski definition) is 1. The quantitative estimate of drug-likeness (QED) is 0.934. The van der Waals surface area contributed by atoms with Crippen LogP contribution in [-0.2, 0) is 4.74 Å². The summed E-state index contributed by atoms with van der Waals surface area (Å²) >= 11 is 11.8. The summed E-state index contributed by atoms with van der Waals surface area (Å²) in [5, 5.41) is 11.6. The van der Waals surface area contributed by atoms with Gasteiger partial charge in [0, 0.05) is 0 Å². The van der Waals surface area contributed by atoms with Crippen molar-refractivity contribution in [2.24, 2.45) is 5.73 Å². The van der Waals surface area contributed by atoms with Gasteiger partial charge in [-0.2, -0.15) is 0 Å². The van der Waals surface area contributed by atoms with Crippen LogP contribution in [-0.4, -0.2) is 26.3 Å². The Hall–Kier alpha value is -1.86. The molecule has 1 aromatic carbocycles. The molecule has 7 nitrogen and oxygen atoms in total. The van der Waals surface area contributed by atoms with Crippen molar-refractivity contribution in [2.45, 2.75) is 19.1 Å². The molecular weight excluding hydrogens is 305 g/mol. The number of benzene rings is 1. The smallest absolute Gasteiger partial charge is 0.405 e. The number of nitrogens with zero attached hydrogens (tertiary/aromatic N) is 4. The van der Waals surface area contributed by atoms with E-state index in [4.69, 9.17) is 33.7 Å². The Labute approximate surface area is 124 Å². The van der Waals surface area contributed by atoms with Crippen LogP contribution in [0.2, 0.25) is 10.0 Å². The van der Waals surface area contributed by atoms with E-state index in [-0.39, 0.29) is 6.04 Å². The molecule has 2 atom stereocenters. The molecule has 2 aromatic rings. The standard InChI is InChI=1S/C11H11Cl2N5O2/c1-6(18-5-15-16-17-18)10(20-11(14)19)7-2-3-8(12)9(13)4-7/h2-6,10H,1H3,(H2,14,19). The average molecular weight is 316 g/mol. The maximum absolute atomic E-state index is 11.1. The van der Waals surface area contributed by atoms with Crippen LogP contribution in [0.15, 0.2) is 24.5 Å². The van der Waals surface area contributed by atoms with Gasteiger partial charge in [0.05, 0.1) is 16.1 Å². The minimum atomic E-state index is -0.902. The summed E-state index contributed by atoms with van der Waals surface area (Å²) in [6.45, 7) is 1.78. The Kier molecular flexibility index (Phi) is 4.41. The zero-order chi connectivity index (χ0) is 14.7. The van der Waals surface area contributed by atoms with Crippen LogP contribution in [0, 0.1) is 0 Å². The maximum atomic E-state index is 11.1. The van der Waals surface area contributed by atoms with E-state index in [1.807, 2.05) is 0 Å². The lowest BCUT2D eigenvalue weighted by Gasteiger charge is -2.23. The predicted molar refractivity (Wildman–Crippen MR) is 72.4 cm³/mol. The zero-order valence-corrected chi connectivity index (χ0v) is 11.9. The van der Waals surface area contributed by atoms with E-state index in [0.29, 0.717) is 15.6 Å². The van der Waals surface area contributed by atoms with Crippen molar-refractivity contribution >= 4 is 29.3 Å². The maximum Gasteiger partial charge on any atom is 0.405 e. The Morgan fingerprint density at radius 3 is 2.70 bits per heavy atom. The van der Waals surface area contributed by atoms with Crippen LogP contribution in [0.4, 0.5) is 4.79 Å². The third-order valence-electron chi connectivity index (χ3n) is 2.74. The van der Waals surface area contributed by atoms with Crippen LogP contribution >= 0.6 is 23.2 Å². The number of carbonyl (C=O) groups is 1. The number of aromatic nitrogens is 4. The van der Waals surface area contributed by atoms with Crippen LogP contribution < -0.4 is 5.73 Å². The first-order chi connectivity index (χ1) is 9.49. The molecule has 0 saturated carbocycles. The third-order valence-corrected chi connectivity index (χ3v) is 3.47. The highest BCUT2D eigenvalue weighted by Crippen LogP contribution is 2.33. The van der Waals surface area contributed by atoms with Crippen molar-refractivity contribution in [3.63, 3.8) is 0 Å². The van der Waals surface area contributed by atoms with E-state index in [1.54, 1.807) is 25.1 Å². The summed E-state index contributed by atoms with van der Waals surface area (Å²) in [7, 11) is 0. The summed E-state index contributed by atoms with van der Waals surface area (Å²) in [6.07, 6.45) is -0.175. The van der Waals surface area contributed by atoms with Crippen molar-refractivity contribution in [3.05, 3.63) is 40.1 Å². The van der Waals surface area contributed by atoms with E-state index < -0.39 is 12.2 Å². The Morgan fingerprint density at radius 1 is 1.40 bits per heavy atom. The molecule has 0 radical (unpaired) electrons. The molecule has 0 bridgehead atoms. The number of rotatable bonds is 4. The van der Waals surface area contributed by atoms with E-state index in [0.717, 1.165) is 0 Å². The number of ether oxygens (including phenoxy) is 1. The van der Waals surface area contributed by atoms with E-state index >= 15 is 0 Å². The molecule has 9 heteroatoms. The second-order valence-corrected chi connectivity index (χ2v) is 4.88. The van der Waals surface area contributed by atoms with Gasteiger partial charge in [-0.1, -0.05) is 29.3 Å². The summed E-state index contributed by atoms with van der Waals surface area (Å²) < 4.78 is 6.59. The number of nitrogens with two attached hydrogens (primary N) is 1. The van der Waals surface area contributed by atoms with Crippen molar-refractivity contribution < 1.29 is 9.53 Å². The molecular formula is C11H11Cl2N5O2. The molecule has 106 valence electrons. The van der Waals surface area contributed by atoms with Crippen LogP contribution in [0.5, 0.6) is 0 Å². The monoisotopic (exact) mass is 315 g/mol. The first-order valence-corrected chi connectivity index (χ1v) is 6.38. The molecule has 1 aromatic heterocycles. The van der Waals surface area contributed by atoms with E-state index in [2.05, 4.69) is 15.5 Å². The predicted octanol–water partition coefficient (Wildman–Crippen LogP) is 2.38. The van der Waals surface area contributed by atoms with Crippen LogP contribution in [0.3, 0.4) is 0 Å². The fourth-order valence-corrected chi connectivity index (χ4v) is 2.06. The Morgan fingerprint density at radius 2 is 2.15 bits per heavy atom. The molecule has 20 heavy (non-hydrogen) atoms. The number of primary amides is 1. The summed E-state index contributed by atoms with van der Waals surface area (Å²) in [5.74, 6) is 0. The van der Waals surface area contributed by atoms with Gasteiger partial charge >= 0.3 is 6.09 Å². The van der Waals surface area contributed by atoms with Crippen LogP contribution in [0.1, 0.15) is 24.6 Å². The SMILES string of the molecule is CC(C(OC(N)=O)c1ccc(Cl)c(Cl)c1)n1cnnn1. The lowest BCUT2D eigenvalue weighted by atomic mass is 10.0. The molecule has 0 spiro atoms. The molecule has 2 N–H and O–H groups in total. The average Bonchev–Trinajstić information content (AvgIpc) is 2.92. The number of halogens is 2. The number of tetrazole rings is 1. The third kappa shape index (κ3) is 3.17. The number of carbonyl (C=O) groups excluding carboxylic acids is 1. The largest absolute Gasteiger partial charge is 0.439 e. The Balaban J connectivity index is 2.36. The molecule has 0 aliphatic rings. The van der Waals surface area contributed by atoms with Gasteiger partial charge in [0.15, 0.2) is 6.10 Å². The van der Waals surface area contributed by atoms with Gasteiger partial charge in [-0.25, -0.2) is 9.48 Å². The Bertz CT molecular complexity index is 605. The van der Waals surface area contributed by atoms with Gasteiger partial charge in [0.2, 0.25) is 0 Å². The highest BCUT2D eigenvalue weighted by Gasteiger charge is 2.25. The second kappa shape index (κ2) is 6.06. The molecule has 0 aliphatic carbocycles. The molecule has 2 unspecified atom stereocenters. The highest BCUT2D eigenvalue weighted by molar-refractivity contribution is 6.42. The fraction of sp³-hybridized carbons (Fsp3) is 0.273. The number of amides is 1. The van der Waals surface area contributed by atoms with Gasteiger partial charge in [0.25, 0.3) is 0 Å².